The van der Waals surface area contributed by atoms with E-state index in [0.717, 1.165) is 11.6 Å². The van der Waals surface area contributed by atoms with E-state index in [1.54, 1.807) is 6.07 Å². The molecular weight excluding hydrogens is 342 g/mol. The smallest absolute Gasteiger partial charge is 0.173 e. The lowest BCUT2D eigenvalue weighted by molar-refractivity contribution is 0.333. The van der Waals surface area contributed by atoms with E-state index in [1.165, 1.54) is 6.07 Å². The Bertz CT molecular complexity index is 637. The first-order valence-electron chi connectivity index (χ1n) is 6.41. The van der Waals surface area contributed by atoms with Crippen LogP contribution in [0.5, 0.6) is 5.75 Å². The van der Waals surface area contributed by atoms with Crippen LogP contribution < -0.4 is 16.0 Å². The topological polar surface area (TPSA) is 47.3 Å². The zero-order chi connectivity index (χ0) is 15.4. The quantitative estimate of drug-likeness (QED) is 0.488. The molecule has 0 aliphatic heterocycles. The molecule has 0 heterocycles. The Morgan fingerprint density at radius 1 is 1.19 bits per heavy atom. The molecule has 6 heteroatoms. The lowest BCUT2D eigenvalue weighted by atomic mass is 9.98. The van der Waals surface area contributed by atoms with Gasteiger partial charge in [-0.05, 0) is 40.5 Å². The Hall–Kier alpha value is -1.50. The molecule has 1 unspecified atom stereocenters. The van der Waals surface area contributed by atoms with Crippen LogP contribution in [0, 0.1) is 11.6 Å². The standard InChI is InChI=1S/C15H15BrF2N2O/c1-2-21-12-6-4-3-5-9(12)15(20-19)10-7-8-11(17)14(18)13(10)16/h3-8,15,20H,2,19H2,1H3. The van der Waals surface area contributed by atoms with Gasteiger partial charge in [-0.2, -0.15) is 0 Å². The first-order valence-corrected chi connectivity index (χ1v) is 7.20. The highest BCUT2D eigenvalue weighted by Crippen LogP contribution is 2.35. The Balaban J connectivity index is 2.53. The summed E-state index contributed by atoms with van der Waals surface area (Å²) in [5, 5.41) is 0. The SMILES string of the molecule is CCOc1ccccc1C(NN)c1ccc(F)c(F)c1Br. The van der Waals surface area contributed by atoms with Gasteiger partial charge in [0.2, 0.25) is 0 Å². The number of benzene rings is 2. The summed E-state index contributed by atoms with van der Waals surface area (Å²) in [4.78, 5) is 0. The van der Waals surface area contributed by atoms with Gasteiger partial charge in [-0.25, -0.2) is 14.2 Å². The molecule has 0 spiro atoms. The van der Waals surface area contributed by atoms with E-state index in [2.05, 4.69) is 21.4 Å². The number of nitrogens with one attached hydrogen (secondary N) is 1. The molecule has 3 N–H and O–H groups in total. The van der Waals surface area contributed by atoms with Gasteiger partial charge in [0.05, 0.1) is 17.1 Å². The first kappa shape index (κ1) is 15.9. The van der Waals surface area contributed by atoms with Crippen molar-refractivity contribution in [2.24, 2.45) is 5.84 Å². The molecule has 0 fully saturated rings. The molecular formula is C15H15BrF2N2O. The lowest BCUT2D eigenvalue weighted by Crippen LogP contribution is -2.29. The van der Waals surface area contributed by atoms with Gasteiger partial charge in [0, 0.05) is 5.56 Å². The van der Waals surface area contributed by atoms with Gasteiger partial charge < -0.3 is 4.74 Å². The normalized spacial score (nSPS) is 12.2. The predicted octanol–water partition coefficient (Wildman–Crippen LogP) is 3.68. The van der Waals surface area contributed by atoms with Crippen LogP contribution in [0.25, 0.3) is 0 Å². The summed E-state index contributed by atoms with van der Waals surface area (Å²) < 4.78 is 32.6. The van der Waals surface area contributed by atoms with E-state index in [1.807, 2.05) is 25.1 Å². The third-order valence-corrected chi connectivity index (χ3v) is 3.88. The van der Waals surface area contributed by atoms with Crippen molar-refractivity contribution in [3.63, 3.8) is 0 Å². The Labute approximate surface area is 130 Å². The van der Waals surface area contributed by atoms with Crippen molar-refractivity contribution in [3.05, 3.63) is 63.6 Å². The summed E-state index contributed by atoms with van der Waals surface area (Å²) in [5.41, 5.74) is 3.86. The molecule has 0 bridgehead atoms. The van der Waals surface area contributed by atoms with Gasteiger partial charge in [-0.3, -0.25) is 5.84 Å². The van der Waals surface area contributed by atoms with Crippen LogP contribution in [0.1, 0.15) is 24.1 Å². The van der Waals surface area contributed by atoms with Crippen molar-refractivity contribution in [2.45, 2.75) is 13.0 Å². The van der Waals surface area contributed by atoms with Gasteiger partial charge >= 0.3 is 0 Å². The van der Waals surface area contributed by atoms with Gasteiger partial charge in [0.25, 0.3) is 0 Å². The van der Waals surface area contributed by atoms with Crippen LogP contribution in [0.15, 0.2) is 40.9 Å². The lowest BCUT2D eigenvalue weighted by Gasteiger charge is -2.21. The van der Waals surface area contributed by atoms with E-state index in [9.17, 15) is 8.78 Å². The van der Waals surface area contributed by atoms with Crippen molar-refractivity contribution in [3.8, 4) is 5.75 Å². The molecule has 2 aromatic carbocycles. The van der Waals surface area contributed by atoms with E-state index >= 15 is 0 Å². The number of rotatable bonds is 5. The maximum absolute atomic E-state index is 13.7. The van der Waals surface area contributed by atoms with Gasteiger partial charge in [0.15, 0.2) is 11.6 Å². The van der Waals surface area contributed by atoms with Crippen molar-refractivity contribution in [1.82, 2.24) is 5.43 Å². The summed E-state index contributed by atoms with van der Waals surface area (Å²) >= 11 is 3.08. The van der Waals surface area contributed by atoms with Crippen molar-refractivity contribution < 1.29 is 13.5 Å². The second kappa shape index (κ2) is 6.98. The highest BCUT2D eigenvalue weighted by molar-refractivity contribution is 9.10. The third kappa shape index (κ3) is 3.23. The molecule has 0 amide bonds. The average molecular weight is 357 g/mol. The molecule has 21 heavy (non-hydrogen) atoms. The number of ether oxygens (including phenoxy) is 1. The van der Waals surface area contributed by atoms with Crippen LogP contribution in [0.4, 0.5) is 8.78 Å². The summed E-state index contributed by atoms with van der Waals surface area (Å²) in [6.07, 6.45) is 0. The predicted molar refractivity (Wildman–Crippen MR) is 80.8 cm³/mol. The molecule has 1 atom stereocenters. The molecule has 0 aliphatic carbocycles. The molecule has 2 rings (SSSR count). The summed E-state index contributed by atoms with van der Waals surface area (Å²) in [5.74, 6) is 4.39. The summed E-state index contributed by atoms with van der Waals surface area (Å²) in [7, 11) is 0. The number of nitrogens with two attached hydrogens (primary N) is 1. The van der Waals surface area contributed by atoms with Crippen molar-refractivity contribution in [1.29, 1.82) is 0 Å². The minimum atomic E-state index is -0.943. The number of hydrazine groups is 1. The van der Waals surface area contributed by atoms with E-state index in [-0.39, 0.29) is 4.47 Å². The number of hydrogen-bond donors (Lipinski definition) is 2. The van der Waals surface area contributed by atoms with Crippen LogP contribution in [0.3, 0.4) is 0 Å². The molecule has 0 radical (unpaired) electrons. The molecule has 112 valence electrons. The van der Waals surface area contributed by atoms with Gasteiger partial charge in [-0.15, -0.1) is 0 Å². The van der Waals surface area contributed by atoms with Crippen molar-refractivity contribution in [2.75, 3.05) is 6.61 Å². The van der Waals surface area contributed by atoms with Crippen molar-refractivity contribution >= 4 is 15.9 Å². The molecule has 3 nitrogen and oxygen atoms in total. The molecule has 0 aromatic heterocycles. The highest BCUT2D eigenvalue weighted by Gasteiger charge is 2.22. The number of halogens is 3. The minimum Gasteiger partial charge on any atom is -0.494 e. The summed E-state index contributed by atoms with van der Waals surface area (Å²) in [6.45, 7) is 2.36. The van der Waals surface area contributed by atoms with Crippen LogP contribution in [-0.2, 0) is 0 Å². The second-order valence-corrected chi connectivity index (χ2v) is 5.13. The fourth-order valence-electron chi connectivity index (χ4n) is 2.12. The Morgan fingerprint density at radius 3 is 2.57 bits per heavy atom. The zero-order valence-electron chi connectivity index (χ0n) is 11.4. The zero-order valence-corrected chi connectivity index (χ0v) is 13.0. The fourth-order valence-corrected chi connectivity index (χ4v) is 2.67. The first-order chi connectivity index (χ1) is 10.1. The molecule has 0 saturated heterocycles. The van der Waals surface area contributed by atoms with Gasteiger partial charge in [0.1, 0.15) is 5.75 Å². The van der Waals surface area contributed by atoms with Crippen LogP contribution >= 0.6 is 15.9 Å². The van der Waals surface area contributed by atoms with Crippen LogP contribution in [0.2, 0.25) is 0 Å². The number of para-hydroxylation sites is 1. The Kier molecular flexibility index (Phi) is 5.27. The fraction of sp³-hybridized carbons (Fsp3) is 0.200. The minimum absolute atomic E-state index is 0.0387. The van der Waals surface area contributed by atoms with Crippen LogP contribution in [-0.4, -0.2) is 6.61 Å². The third-order valence-electron chi connectivity index (χ3n) is 3.07. The van der Waals surface area contributed by atoms with E-state index < -0.39 is 17.7 Å². The molecule has 0 saturated carbocycles. The van der Waals surface area contributed by atoms with E-state index in [4.69, 9.17) is 10.6 Å². The molecule has 0 aliphatic rings. The maximum atomic E-state index is 13.7. The maximum Gasteiger partial charge on any atom is 0.173 e. The average Bonchev–Trinajstić information content (AvgIpc) is 2.49. The van der Waals surface area contributed by atoms with E-state index in [0.29, 0.717) is 17.9 Å². The summed E-state index contributed by atoms with van der Waals surface area (Å²) in [6, 6.07) is 9.31. The Morgan fingerprint density at radius 2 is 1.90 bits per heavy atom. The monoisotopic (exact) mass is 356 g/mol. The largest absolute Gasteiger partial charge is 0.494 e. The highest BCUT2D eigenvalue weighted by atomic mass is 79.9. The number of hydrogen-bond acceptors (Lipinski definition) is 3. The van der Waals surface area contributed by atoms with Gasteiger partial charge in [-0.1, -0.05) is 24.3 Å². The molecule has 2 aromatic rings. The second-order valence-electron chi connectivity index (χ2n) is 4.34.